The average Bonchev–Trinajstić information content (AvgIpc) is 3.87. The summed E-state index contributed by atoms with van der Waals surface area (Å²) in [4.78, 5) is 0. The van der Waals surface area contributed by atoms with Crippen LogP contribution in [-0.2, 0) is 0 Å². The fourth-order valence-corrected chi connectivity index (χ4v) is 9.97. The highest BCUT2D eigenvalue weighted by Gasteiger charge is 2.23. The number of fused-ring (bicyclic) bond motifs is 13. The Balaban J connectivity index is 1.09. The largest absolute Gasteiger partial charge is 0.452 e. The molecular weight excluding hydrogens is 705 g/mol. The van der Waals surface area contributed by atoms with Crippen molar-refractivity contribution in [3.05, 3.63) is 194 Å². The SMILES string of the molecule is c1ccc2c(-c3c4ccccc4c(-c4ccc(-c5cc6c7ccc8c9ccccc9oc8c7oc6c6ccccc56)c5ccccc45)c4ccccc34)cccc2c1. The van der Waals surface area contributed by atoms with Crippen molar-refractivity contribution in [2.75, 3.05) is 0 Å². The molecule has 0 saturated carbocycles. The van der Waals surface area contributed by atoms with Gasteiger partial charge in [0.1, 0.15) is 11.2 Å². The van der Waals surface area contributed by atoms with Gasteiger partial charge in [-0.25, -0.2) is 0 Å². The van der Waals surface area contributed by atoms with Crippen LogP contribution in [-0.4, -0.2) is 0 Å². The van der Waals surface area contributed by atoms with E-state index in [0.29, 0.717) is 0 Å². The van der Waals surface area contributed by atoms with Crippen molar-refractivity contribution in [1.82, 2.24) is 0 Å². The summed E-state index contributed by atoms with van der Waals surface area (Å²) < 4.78 is 13.3. The molecule has 2 nitrogen and oxygen atoms in total. The molecule has 0 saturated heterocycles. The van der Waals surface area contributed by atoms with Gasteiger partial charge in [0.2, 0.25) is 0 Å². The van der Waals surface area contributed by atoms with Crippen molar-refractivity contribution >= 4 is 97.7 Å². The summed E-state index contributed by atoms with van der Waals surface area (Å²) in [6, 6.07) is 70.5. The summed E-state index contributed by atoms with van der Waals surface area (Å²) in [5, 5.41) is 16.5. The van der Waals surface area contributed by atoms with Crippen LogP contribution in [0.4, 0.5) is 0 Å². The van der Waals surface area contributed by atoms with Crippen LogP contribution < -0.4 is 0 Å². The molecule has 13 aromatic rings. The van der Waals surface area contributed by atoms with Gasteiger partial charge >= 0.3 is 0 Å². The van der Waals surface area contributed by atoms with Crippen LogP contribution >= 0.6 is 0 Å². The lowest BCUT2D eigenvalue weighted by molar-refractivity contribution is 0.635. The molecule has 2 heteroatoms. The third-order valence-corrected chi connectivity index (χ3v) is 12.5. The minimum Gasteiger partial charge on any atom is -0.452 e. The molecule has 0 spiro atoms. The molecule has 0 bridgehead atoms. The van der Waals surface area contributed by atoms with Crippen molar-refractivity contribution < 1.29 is 8.83 Å². The monoisotopic (exact) mass is 736 g/mol. The second-order valence-electron chi connectivity index (χ2n) is 15.4. The molecule has 13 rings (SSSR count). The molecule has 268 valence electrons. The maximum Gasteiger partial charge on any atom is 0.178 e. The molecule has 11 aromatic carbocycles. The van der Waals surface area contributed by atoms with Gasteiger partial charge in [0.25, 0.3) is 0 Å². The first-order chi connectivity index (χ1) is 28.8. The minimum atomic E-state index is 0.789. The molecule has 0 aliphatic heterocycles. The van der Waals surface area contributed by atoms with Gasteiger partial charge in [-0.2, -0.15) is 0 Å². The number of benzene rings is 11. The summed E-state index contributed by atoms with van der Waals surface area (Å²) in [6.45, 7) is 0. The lowest BCUT2D eigenvalue weighted by atomic mass is 9.82. The summed E-state index contributed by atoms with van der Waals surface area (Å²) in [7, 11) is 0. The van der Waals surface area contributed by atoms with Crippen LogP contribution in [0.5, 0.6) is 0 Å². The van der Waals surface area contributed by atoms with Gasteiger partial charge < -0.3 is 8.83 Å². The summed E-state index contributed by atoms with van der Waals surface area (Å²) in [5.74, 6) is 0. The topological polar surface area (TPSA) is 26.3 Å². The summed E-state index contributed by atoms with van der Waals surface area (Å²) in [5.41, 5.74) is 10.7. The van der Waals surface area contributed by atoms with E-state index >= 15 is 0 Å². The number of hydrogen-bond acceptors (Lipinski definition) is 2. The standard InChI is InChI=1S/C56H32O2/c1-2-16-34-33(14-1)15-13-26-40(34)52-41-21-6-8-23-43(41)53(44-24-9-7-22-42(44)52)45-29-28-38(35-17-3-4-18-36(35)45)49-32-50-48-31-30-47-39-20-11-12-27-51(39)57-55(47)56(48)58-54(50)46-25-10-5-19-37(46)49/h1-32H. The first-order valence-electron chi connectivity index (χ1n) is 19.9. The zero-order chi connectivity index (χ0) is 37.9. The van der Waals surface area contributed by atoms with Crippen LogP contribution in [0.15, 0.2) is 203 Å². The van der Waals surface area contributed by atoms with Crippen molar-refractivity contribution in [2.45, 2.75) is 0 Å². The van der Waals surface area contributed by atoms with E-state index in [2.05, 4.69) is 182 Å². The van der Waals surface area contributed by atoms with Crippen LogP contribution in [0.2, 0.25) is 0 Å². The second-order valence-corrected chi connectivity index (χ2v) is 15.4. The van der Waals surface area contributed by atoms with E-state index in [9.17, 15) is 0 Å². The molecule has 0 N–H and O–H groups in total. The molecular formula is C56H32O2. The quantitative estimate of drug-likeness (QED) is 0.169. The van der Waals surface area contributed by atoms with Crippen LogP contribution in [0, 0.1) is 0 Å². The third kappa shape index (κ3) is 4.32. The Morgan fingerprint density at radius 3 is 1.33 bits per heavy atom. The fourth-order valence-electron chi connectivity index (χ4n) is 9.97. The van der Waals surface area contributed by atoms with Gasteiger partial charge in [0.05, 0.1) is 0 Å². The highest BCUT2D eigenvalue weighted by molar-refractivity contribution is 6.28. The number of hydrogen-bond donors (Lipinski definition) is 0. The van der Waals surface area contributed by atoms with Gasteiger partial charge in [-0.15, -0.1) is 0 Å². The van der Waals surface area contributed by atoms with E-state index in [4.69, 9.17) is 8.83 Å². The molecule has 2 heterocycles. The average molecular weight is 737 g/mol. The van der Waals surface area contributed by atoms with Gasteiger partial charge in [0.15, 0.2) is 11.2 Å². The van der Waals surface area contributed by atoms with E-state index < -0.39 is 0 Å². The molecule has 2 aromatic heterocycles. The molecule has 58 heavy (non-hydrogen) atoms. The first-order valence-corrected chi connectivity index (χ1v) is 19.9. The normalized spacial score (nSPS) is 12.1. The summed E-state index contributed by atoms with van der Waals surface area (Å²) in [6.07, 6.45) is 0. The van der Waals surface area contributed by atoms with E-state index in [-0.39, 0.29) is 0 Å². The number of para-hydroxylation sites is 1. The highest BCUT2D eigenvalue weighted by atomic mass is 16.4. The Labute approximate surface area is 332 Å². The van der Waals surface area contributed by atoms with Gasteiger partial charge in [0, 0.05) is 26.9 Å². The molecule has 0 atom stereocenters. The predicted molar refractivity (Wildman–Crippen MR) is 245 cm³/mol. The highest BCUT2D eigenvalue weighted by Crippen LogP contribution is 2.49. The Morgan fingerprint density at radius 1 is 0.224 bits per heavy atom. The molecule has 0 amide bonds. The predicted octanol–water partition coefficient (Wildman–Crippen LogP) is 16.3. The minimum absolute atomic E-state index is 0.789. The van der Waals surface area contributed by atoms with Gasteiger partial charge in [-0.05, 0) is 106 Å². The molecule has 0 unspecified atom stereocenters. The van der Waals surface area contributed by atoms with Crippen molar-refractivity contribution in [2.24, 2.45) is 0 Å². The third-order valence-electron chi connectivity index (χ3n) is 12.5. The Morgan fingerprint density at radius 2 is 0.655 bits per heavy atom. The fraction of sp³-hybridized carbons (Fsp3) is 0. The van der Waals surface area contributed by atoms with E-state index in [0.717, 1.165) is 54.6 Å². The van der Waals surface area contributed by atoms with Crippen molar-refractivity contribution in [1.29, 1.82) is 0 Å². The Bertz CT molecular complexity index is 3800. The van der Waals surface area contributed by atoms with Gasteiger partial charge in [-0.1, -0.05) is 170 Å². The smallest absolute Gasteiger partial charge is 0.178 e. The van der Waals surface area contributed by atoms with E-state index in [1.165, 1.54) is 76.5 Å². The van der Waals surface area contributed by atoms with Crippen LogP contribution in [0.25, 0.3) is 131 Å². The molecule has 0 aliphatic carbocycles. The zero-order valence-electron chi connectivity index (χ0n) is 31.3. The lowest BCUT2D eigenvalue weighted by Gasteiger charge is -2.20. The summed E-state index contributed by atoms with van der Waals surface area (Å²) >= 11 is 0. The Kier molecular flexibility index (Phi) is 6.47. The number of rotatable bonds is 3. The molecule has 0 radical (unpaired) electrons. The maximum absolute atomic E-state index is 6.82. The number of furan rings is 2. The van der Waals surface area contributed by atoms with E-state index in [1.807, 2.05) is 12.1 Å². The first kappa shape index (κ1) is 31.5. The zero-order valence-corrected chi connectivity index (χ0v) is 31.3. The van der Waals surface area contributed by atoms with Crippen LogP contribution in [0.3, 0.4) is 0 Å². The Hall–Kier alpha value is -7.68. The van der Waals surface area contributed by atoms with Crippen LogP contribution in [0.1, 0.15) is 0 Å². The van der Waals surface area contributed by atoms with E-state index in [1.54, 1.807) is 0 Å². The second kappa shape index (κ2) is 11.9. The van der Waals surface area contributed by atoms with Gasteiger partial charge in [-0.3, -0.25) is 0 Å². The maximum atomic E-state index is 6.82. The van der Waals surface area contributed by atoms with Crippen molar-refractivity contribution in [3.8, 4) is 33.4 Å². The lowest BCUT2D eigenvalue weighted by Crippen LogP contribution is -1.93. The molecule has 0 aliphatic rings. The van der Waals surface area contributed by atoms with Crippen molar-refractivity contribution in [3.63, 3.8) is 0 Å². The molecule has 0 fully saturated rings.